The Morgan fingerprint density at radius 1 is 1.35 bits per heavy atom. The summed E-state index contributed by atoms with van der Waals surface area (Å²) in [7, 11) is 1.57. The van der Waals surface area contributed by atoms with Gasteiger partial charge in [0.1, 0.15) is 0 Å². The zero-order valence-electron chi connectivity index (χ0n) is 14.1. The normalized spacial score (nSPS) is 16.8. The van der Waals surface area contributed by atoms with E-state index in [4.69, 9.17) is 0 Å². The van der Waals surface area contributed by atoms with Gasteiger partial charge in [-0.05, 0) is 36.5 Å². The molecule has 3 rings (SSSR count). The molecule has 1 N–H and O–H groups in total. The van der Waals surface area contributed by atoms with Crippen LogP contribution in [0, 0.1) is 5.92 Å². The molecule has 8 heteroatoms. The number of aryl methyl sites for hydroxylation is 2. The van der Waals surface area contributed by atoms with Gasteiger partial charge < -0.3 is 5.32 Å². The quantitative estimate of drug-likeness (QED) is 0.907. The van der Waals surface area contributed by atoms with Crippen molar-refractivity contribution in [3.05, 3.63) is 63.1 Å². The average molecular weight is 365 g/mol. The summed E-state index contributed by atoms with van der Waals surface area (Å²) in [6, 6.07) is 6.65. The number of carbonyl (C=O) groups excluding carboxylic acids is 1. The van der Waals surface area contributed by atoms with Crippen molar-refractivity contribution in [1.82, 2.24) is 15.1 Å². The van der Waals surface area contributed by atoms with Crippen molar-refractivity contribution in [2.45, 2.75) is 32.0 Å². The summed E-state index contributed by atoms with van der Waals surface area (Å²) >= 11 is 0. The van der Waals surface area contributed by atoms with Crippen molar-refractivity contribution in [1.29, 1.82) is 0 Å². The van der Waals surface area contributed by atoms with Gasteiger partial charge in [-0.1, -0.05) is 18.2 Å². The van der Waals surface area contributed by atoms with Crippen LogP contribution in [0.15, 0.2) is 35.1 Å². The lowest BCUT2D eigenvalue weighted by Gasteiger charge is -2.23. The third kappa shape index (κ3) is 3.79. The van der Waals surface area contributed by atoms with Crippen LogP contribution in [0.2, 0.25) is 0 Å². The molecule has 0 spiro atoms. The Bertz CT molecular complexity index is 890. The molecule has 1 aromatic carbocycles. The van der Waals surface area contributed by atoms with Gasteiger partial charge in [-0.3, -0.25) is 9.59 Å². The summed E-state index contributed by atoms with van der Waals surface area (Å²) < 4.78 is 40.3. The highest BCUT2D eigenvalue weighted by Crippen LogP contribution is 2.32. The number of carbonyl (C=O) groups is 1. The second-order valence-electron chi connectivity index (χ2n) is 6.39. The van der Waals surface area contributed by atoms with E-state index in [1.165, 1.54) is 28.9 Å². The zero-order valence-corrected chi connectivity index (χ0v) is 14.1. The highest BCUT2D eigenvalue weighted by molar-refractivity contribution is 5.79. The number of nitrogens with zero attached hydrogens (tertiary/aromatic N) is 2. The van der Waals surface area contributed by atoms with Crippen molar-refractivity contribution in [2.24, 2.45) is 13.0 Å². The lowest BCUT2D eigenvalue weighted by molar-refractivity contribution is -0.138. The number of nitrogens with one attached hydrogen (secondary N) is 1. The van der Waals surface area contributed by atoms with Gasteiger partial charge in [0.05, 0.1) is 11.3 Å². The van der Waals surface area contributed by atoms with Gasteiger partial charge in [-0.2, -0.15) is 18.3 Å². The predicted octanol–water partition coefficient (Wildman–Crippen LogP) is 2.22. The van der Waals surface area contributed by atoms with Gasteiger partial charge in [0.2, 0.25) is 5.91 Å². The van der Waals surface area contributed by atoms with Gasteiger partial charge in [0, 0.05) is 25.6 Å². The topological polar surface area (TPSA) is 64.0 Å². The minimum atomic E-state index is -4.46. The first-order valence-corrected chi connectivity index (χ1v) is 8.24. The van der Waals surface area contributed by atoms with E-state index in [0.29, 0.717) is 19.3 Å². The molecular formula is C18H18F3N3O2. The van der Waals surface area contributed by atoms with Crippen LogP contribution >= 0.6 is 0 Å². The van der Waals surface area contributed by atoms with E-state index in [9.17, 15) is 22.8 Å². The molecule has 1 amide bonds. The highest BCUT2D eigenvalue weighted by Gasteiger charge is 2.33. The molecule has 1 aliphatic rings. The van der Waals surface area contributed by atoms with E-state index >= 15 is 0 Å². The average Bonchev–Trinajstić information content (AvgIpc) is 2.59. The number of alkyl halides is 3. The summed E-state index contributed by atoms with van der Waals surface area (Å²) in [4.78, 5) is 24.1. The molecule has 1 unspecified atom stereocenters. The summed E-state index contributed by atoms with van der Waals surface area (Å²) in [5.74, 6) is -0.692. The Balaban J connectivity index is 1.69. The second kappa shape index (κ2) is 6.93. The Kier molecular flexibility index (Phi) is 4.84. The molecule has 1 aromatic heterocycles. The maximum absolute atomic E-state index is 13.0. The Labute approximate surface area is 147 Å². The number of rotatable bonds is 3. The number of aromatic nitrogens is 2. The SMILES string of the molecule is Cn1nc2c(cc1=O)CC(C(=O)NCc1ccccc1C(F)(F)F)CC2. The molecule has 0 radical (unpaired) electrons. The minimum Gasteiger partial charge on any atom is -0.352 e. The number of hydrogen-bond acceptors (Lipinski definition) is 3. The van der Waals surface area contributed by atoms with Gasteiger partial charge in [0.25, 0.3) is 5.56 Å². The largest absolute Gasteiger partial charge is 0.416 e. The summed E-state index contributed by atoms with van der Waals surface area (Å²) in [5, 5.41) is 6.78. The zero-order chi connectivity index (χ0) is 18.9. The minimum absolute atomic E-state index is 0.0279. The third-order valence-electron chi connectivity index (χ3n) is 4.60. The van der Waals surface area contributed by atoms with Crippen molar-refractivity contribution >= 4 is 5.91 Å². The van der Waals surface area contributed by atoms with Crippen LogP contribution in [0.5, 0.6) is 0 Å². The van der Waals surface area contributed by atoms with Gasteiger partial charge >= 0.3 is 6.18 Å². The maximum Gasteiger partial charge on any atom is 0.416 e. The van der Waals surface area contributed by atoms with Crippen molar-refractivity contribution < 1.29 is 18.0 Å². The first-order valence-electron chi connectivity index (χ1n) is 8.24. The predicted molar refractivity (Wildman–Crippen MR) is 88.3 cm³/mol. The molecule has 0 saturated carbocycles. The lowest BCUT2D eigenvalue weighted by atomic mass is 9.86. The van der Waals surface area contributed by atoms with Crippen molar-refractivity contribution in [2.75, 3.05) is 0 Å². The molecule has 138 valence electrons. The van der Waals surface area contributed by atoms with Crippen molar-refractivity contribution in [3.8, 4) is 0 Å². The van der Waals surface area contributed by atoms with E-state index in [1.54, 1.807) is 7.05 Å². The molecule has 2 aromatic rings. The van der Waals surface area contributed by atoms with Gasteiger partial charge in [-0.25, -0.2) is 4.68 Å². The van der Waals surface area contributed by atoms with Gasteiger partial charge in [-0.15, -0.1) is 0 Å². The van der Waals surface area contributed by atoms with Crippen LogP contribution < -0.4 is 10.9 Å². The van der Waals surface area contributed by atoms with E-state index < -0.39 is 11.7 Å². The maximum atomic E-state index is 13.0. The van der Waals surface area contributed by atoms with Gasteiger partial charge in [0.15, 0.2) is 0 Å². The molecule has 1 heterocycles. The smallest absolute Gasteiger partial charge is 0.352 e. The number of halogens is 3. The van der Waals surface area contributed by atoms with Crippen LogP contribution in [0.1, 0.15) is 28.8 Å². The standard InChI is InChI=1S/C18H18F3N3O2/c1-24-16(25)9-13-8-11(6-7-15(13)23-24)17(26)22-10-12-4-2-3-5-14(12)18(19,20)21/h2-5,9,11H,6-8,10H2,1H3,(H,22,26). The second-order valence-corrected chi connectivity index (χ2v) is 6.39. The van der Waals surface area contributed by atoms with E-state index in [-0.39, 0.29) is 29.5 Å². The number of benzene rings is 1. The molecule has 1 aliphatic carbocycles. The molecule has 0 fully saturated rings. The van der Waals surface area contributed by atoms with E-state index in [1.807, 2.05) is 0 Å². The monoisotopic (exact) mass is 365 g/mol. The first-order chi connectivity index (χ1) is 12.3. The van der Waals surface area contributed by atoms with Crippen molar-refractivity contribution in [3.63, 3.8) is 0 Å². The Morgan fingerprint density at radius 2 is 2.08 bits per heavy atom. The Morgan fingerprint density at radius 3 is 2.81 bits per heavy atom. The fourth-order valence-electron chi connectivity index (χ4n) is 3.19. The fourth-order valence-corrected chi connectivity index (χ4v) is 3.19. The lowest BCUT2D eigenvalue weighted by Crippen LogP contribution is -2.35. The summed E-state index contributed by atoms with van der Waals surface area (Å²) in [6.07, 6.45) is -2.99. The molecule has 26 heavy (non-hydrogen) atoms. The number of hydrogen-bond donors (Lipinski definition) is 1. The first kappa shape index (κ1) is 18.2. The highest BCUT2D eigenvalue weighted by atomic mass is 19.4. The summed E-state index contributed by atoms with van der Waals surface area (Å²) in [6.45, 7) is -0.188. The van der Waals surface area contributed by atoms with Crippen LogP contribution in [-0.4, -0.2) is 15.7 Å². The number of amides is 1. The molecule has 5 nitrogen and oxygen atoms in total. The fraction of sp³-hybridized carbons (Fsp3) is 0.389. The molecule has 0 bridgehead atoms. The molecule has 1 atom stereocenters. The van der Waals surface area contributed by atoms with Crippen LogP contribution in [0.25, 0.3) is 0 Å². The van der Waals surface area contributed by atoms with Crippen LogP contribution in [0.4, 0.5) is 13.2 Å². The Hall–Kier alpha value is -2.64. The third-order valence-corrected chi connectivity index (χ3v) is 4.60. The molecule has 0 saturated heterocycles. The van der Waals surface area contributed by atoms with E-state index in [2.05, 4.69) is 10.4 Å². The van der Waals surface area contributed by atoms with Crippen LogP contribution in [-0.2, 0) is 37.4 Å². The molecular weight excluding hydrogens is 347 g/mol. The number of fused-ring (bicyclic) bond motifs is 1. The van der Waals surface area contributed by atoms with E-state index in [0.717, 1.165) is 17.3 Å². The summed E-state index contributed by atoms with van der Waals surface area (Å²) in [5.41, 5.74) is 0.555. The van der Waals surface area contributed by atoms with Crippen LogP contribution in [0.3, 0.4) is 0 Å². The molecule has 0 aliphatic heterocycles.